The molecule has 0 aliphatic heterocycles. The van der Waals surface area contributed by atoms with Crippen LogP contribution in [0.2, 0.25) is 0 Å². The number of hydrogen-bond acceptors (Lipinski definition) is 3. The van der Waals surface area contributed by atoms with E-state index in [2.05, 4.69) is 20.7 Å². The summed E-state index contributed by atoms with van der Waals surface area (Å²) < 4.78 is 27.0. The normalized spacial score (nSPS) is 14.1. The third kappa shape index (κ3) is 4.02. The molecule has 2 N–H and O–H groups in total. The van der Waals surface area contributed by atoms with Gasteiger partial charge in [-0.1, -0.05) is 32.9 Å². The van der Waals surface area contributed by atoms with Gasteiger partial charge in [0.25, 0.3) is 0 Å². The molecule has 0 amide bonds. The number of nitrogens with one attached hydrogen (secondary N) is 1. The van der Waals surface area contributed by atoms with Crippen molar-refractivity contribution in [3.8, 4) is 0 Å². The Bertz CT molecular complexity index is 578. The van der Waals surface area contributed by atoms with Crippen LogP contribution in [0.3, 0.4) is 0 Å². The Kier molecular flexibility index (Phi) is 4.76. The zero-order valence-corrected chi connectivity index (χ0v) is 13.2. The van der Waals surface area contributed by atoms with Crippen molar-refractivity contribution in [3.05, 3.63) is 28.7 Å². The molecule has 0 heterocycles. The highest BCUT2D eigenvalue weighted by molar-refractivity contribution is 9.10. The first-order chi connectivity index (χ1) is 8.55. The van der Waals surface area contributed by atoms with Crippen molar-refractivity contribution in [2.75, 3.05) is 0 Å². The van der Waals surface area contributed by atoms with Gasteiger partial charge in [-0.3, -0.25) is 4.79 Å². The summed E-state index contributed by atoms with van der Waals surface area (Å²) in [4.78, 5) is 11.2. The Morgan fingerprint density at radius 3 is 2.26 bits per heavy atom. The van der Waals surface area contributed by atoms with Crippen LogP contribution in [0.1, 0.15) is 20.8 Å². The molecule has 0 aliphatic rings. The summed E-state index contributed by atoms with van der Waals surface area (Å²) in [5, 5.41) is 9.15. The number of carboxylic acid groups (broad SMARTS) is 1. The number of aliphatic carboxylic acids is 1. The smallest absolute Gasteiger partial charge is 0.322 e. The van der Waals surface area contributed by atoms with Crippen LogP contribution in [0.15, 0.2) is 33.6 Å². The lowest BCUT2D eigenvalue weighted by molar-refractivity contribution is -0.141. The highest BCUT2D eigenvalue weighted by Crippen LogP contribution is 2.25. The van der Waals surface area contributed by atoms with Crippen LogP contribution in [0.4, 0.5) is 0 Å². The molecule has 1 atom stereocenters. The van der Waals surface area contributed by atoms with Crippen LogP contribution in [0.25, 0.3) is 0 Å². The first-order valence-electron chi connectivity index (χ1n) is 5.55. The van der Waals surface area contributed by atoms with Crippen molar-refractivity contribution in [2.24, 2.45) is 5.41 Å². The molecule has 0 saturated heterocycles. The molecular formula is C12H16BrNO4S. The van der Waals surface area contributed by atoms with E-state index < -0.39 is 27.4 Å². The zero-order valence-electron chi connectivity index (χ0n) is 10.8. The number of rotatable bonds is 4. The number of hydrogen-bond donors (Lipinski definition) is 2. The van der Waals surface area contributed by atoms with E-state index in [1.807, 2.05) is 0 Å². The predicted octanol–water partition coefficient (Wildman–Crippen LogP) is 2.23. The maximum absolute atomic E-state index is 12.2. The topological polar surface area (TPSA) is 83.5 Å². The molecule has 1 aromatic carbocycles. The van der Waals surface area contributed by atoms with Crippen LogP contribution >= 0.6 is 15.9 Å². The largest absolute Gasteiger partial charge is 0.480 e. The molecule has 0 saturated carbocycles. The minimum absolute atomic E-state index is 0.0190. The van der Waals surface area contributed by atoms with E-state index in [0.29, 0.717) is 4.47 Å². The molecule has 0 fully saturated rings. The third-order valence-corrected chi connectivity index (χ3v) is 4.95. The summed E-state index contributed by atoms with van der Waals surface area (Å²) in [6, 6.07) is 5.05. The molecule has 0 radical (unpaired) electrons. The van der Waals surface area contributed by atoms with Crippen molar-refractivity contribution in [2.45, 2.75) is 31.7 Å². The fourth-order valence-corrected chi connectivity index (χ4v) is 3.88. The first-order valence-corrected chi connectivity index (χ1v) is 7.83. The quantitative estimate of drug-likeness (QED) is 0.872. The first kappa shape index (κ1) is 16.1. The maximum Gasteiger partial charge on any atom is 0.322 e. The van der Waals surface area contributed by atoms with Crippen LogP contribution in [0.5, 0.6) is 0 Å². The lowest BCUT2D eigenvalue weighted by Crippen LogP contribution is -2.49. The minimum Gasteiger partial charge on any atom is -0.480 e. The predicted molar refractivity (Wildman–Crippen MR) is 75.3 cm³/mol. The molecule has 0 bridgehead atoms. The summed E-state index contributed by atoms with van der Waals surface area (Å²) in [6.07, 6.45) is 0. The Labute approximate surface area is 121 Å². The molecule has 0 aliphatic carbocycles. The fraction of sp³-hybridized carbons (Fsp3) is 0.417. The van der Waals surface area contributed by atoms with E-state index in [-0.39, 0.29) is 4.90 Å². The second kappa shape index (κ2) is 5.60. The van der Waals surface area contributed by atoms with Crippen molar-refractivity contribution >= 4 is 31.9 Å². The molecule has 0 aromatic heterocycles. The zero-order chi connectivity index (χ0) is 14.8. The van der Waals surface area contributed by atoms with Gasteiger partial charge in [-0.25, -0.2) is 8.42 Å². The maximum atomic E-state index is 12.2. The molecule has 19 heavy (non-hydrogen) atoms. The highest BCUT2D eigenvalue weighted by atomic mass is 79.9. The Balaban J connectivity index is 3.16. The van der Waals surface area contributed by atoms with Crippen LogP contribution < -0.4 is 4.72 Å². The van der Waals surface area contributed by atoms with E-state index in [1.165, 1.54) is 6.07 Å². The van der Waals surface area contributed by atoms with E-state index in [9.17, 15) is 13.2 Å². The summed E-state index contributed by atoms with van der Waals surface area (Å²) in [7, 11) is -3.90. The van der Waals surface area contributed by atoms with Gasteiger partial charge in [0.15, 0.2) is 0 Å². The van der Waals surface area contributed by atoms with Crippen LogP contribution in [0, 0.1) is 5.41 Å². The number of carbonyl (C=O) groups is 1. The average molecular weight is 350 g/mol. The molecular weight excluding hydrogens is 334 g/mol. The molecule has 106 valence electrons. The molecule has 1 rings (SSSR count). The van der Waals surface area contributed by atoms with Gasteiger partial charge in [-0.15, -0.1) is 0 Å². The van der Waals surface area contributed by atoms with E-state index in [0.717, 1.165) is 0 Å². The average Bonchev–Trinajstić information content (AvgIpc) is 2.24. The van der Waals surface area contributed by atoms with Gasteiger partial charge in [0.1, 0.15) is 6.04 Å². The standard InChI is InChI=1S/C12H16BrNO4S/c1-12(2,3)10(11(15)16)14-19(17,18)9-7-5-4-6-8(9)13/h4-7,10,14H,1-3H3,(H,15,16). The second-order valence-corrected chi connectivity index (χ2v) is 7.73. The van der Waals surface area contributed by atoms with Gasteiger partial charge >= 0.3 is 5.97 Å². The molecule has 1 unspecified atom stereocenters. The van der Waals surface area contributed by atoms with Crippen LogP contribution in [-0.4, -0.2) is 25.5 Å². The van der Waals surface area contributed by atoms with E-state index in [4.69, 9.17) is 5.11 Å². The molecule has 5 nitrogen and oxygen atoms in total. The summed E-state index contributed by atoms with van der Waals surface area (Å²) >= 11 is 3.14. The van der Waals surface area contributed by atoms with Crippen LogP contribution in [-0.2, 0) is 14.8 Å². The van der Waals surface area contributed by atoms with Gasteiger partial charge in [-0.05, 0) is 33.5 Å². The lowest BCUT2D eigenvalue weighted by Gasteiger charge is -2.27. The number of sulfonamides is 1. The number of halogens is 1. The Hall–Kier alpha value is -0.920. The molecule has 0 spiro atoms. The van der Waals surface area contributed by atoms with Crippen molar-refractivity contribution in [1.82, 2.24) is 4.72 Å². The Morgan fingerprint density at radius 1 is 1.32 bits per heavy atom. The summed E-state index contributed by atoms with van der Waals surface area (Å²) in [5.41, 5.74) is -0.736. The summed E-state index contributed by atoms with van der Waals surface area (Å²) in [5.74, 6) is -1.21. The Morgan fingerprint density at radius 2 is 1.84 bits per heavy atom. The monoisotopic (exact) mass is 349 g/mol. The van der Waals surface area contributed by atoms with E-state index >= 15 is 0 Å². The van der Waals surface area contributed by atoms with Gasteiger partial charge in [0.2, 0.25) is 10.0 Å². The number of benzene rings is 1. The van der Waals surface area contributed by atoms with Crippen molar-refractivity contribution < 1.29 is 18.3 Å². The minimum atomic E-state index is -3.90. The van der Waals surface area contributed by atoms with Gasteiger partial charge < -0.3 is 5.11 Å². The summed E-state index contributed by atoms with van der Waals surface area (Å²) in [6.45, 7) is 4.98. The number of carboxylic acids is 1. The van der Waals surface area contributed by atoms with Gasteiger partial charge in [0.05, 0.1) is 4.90 Å². The van der Waals surface area contributed by atoms with Crippen molar-refractivity contribution in [3.63, 3.8) is 0 Å². The second-order valence-electron chi connectivity index (χ2n) is 5.19. The third-order valence-electron chi connectivity index (χ3n) is 2.51. The van der Waals surface area contributed by atoms with Crippen molar-refractivity contribution in [1.29, 1.82) is 0 Å². The highest BCUT2D eigenvalue weighted by Gasteiger charge is 2.35. The lowest BCUT2D eigenvalue weighted by atomic mass is 9.88. The molecule has 7 heteroatoms. The fourth-order valence-electron chi connectivity index (χ4n) is 1.48. The SMILES string of the molecule is CC(C)(C)C(NS(=O)(=O)c1ccccc1Br)C(=O)O. The van der Waals surface area contributed by atoms with Gasteiger partial charge in [0, 0.05) is 4.47 Å². The van der Waals surface area contributed by atoms with Gasteiger partial charge in [-0.2, -0.15) is 4.72 Å². The molecule has 1 aromatic rings. The van der Waals surface area contributed by atoms with E-state index in [1.54, 1.807) is 39.0 Å².